The van der Waals surface area contributed by atoms with Crippen LogP contribution in [0.4, 0.5) is 4.39 Å². The number of rotatable bonds is 1. The highest BCUT2D eigenvalue weighted by atomic mass is 35.5. The van der Waals surface area contributed by atoms with Crippen LogP contribution in [-0.2, 0) is 0 Å². The third kappa shape index (κ3) is 2.12. The summed E-state index contributed by atoms with van der Waals surface area (Å²) in [4.78, 5) is 0. The molecular weight excluding hydrogens is 203 g/mol. The monoisotopic (exact) mass is 216 g/mol. The summed E-state index contributed by atoms with van der Waals surface area (Å²) in [5.41, 5.74) is 0.959. The van der Waals surface area contributed by atoms with E-state index in [0.717, 1.165) is 10.8 Å². The van der Waals surface area contributed by atoms with Crippen LogP contribution in [0.3, 0.4) is 0 Å². The summed E-state index contributed by atoms with van der Waals surface area (Å²) in [6, 6.07) is 3.23. The molecule has 0 saturated carbocycles. The predicted octanol–water partition coefficient (Wildman–Crippen LogP) is 3.33. The molecule has 0 N–H and O–H groups in total. The quantitative estimate of drug-likeness (QED) is 0.632. The molecule has 3 heteroatoms. The molecule has 1 rings (SSSR count). The van der Waals surface area contributed by atoms with Crippen molar-refractivity contribution in [3.8, 4) is 0 Å². The highest BCUT2D eigenvalue weighted by Crippen LogP contribution is 2.18. The van der Waals surface area contributed by atoms with Gasteiger partial charge < -0.3 is 0 Å². The van der Waals surface area contributed by atoms with Crippen LogP contribution in [0, 0.1) is 12.7 Å². The summed E-state index contributed by atoms with van der Waals surface area (Å²) in [6.45, 7) is 8.19. The molecule has 0 aliphatic carbocycles. The SMILES string of the molecule is Cc1ccc(F)c([Si](C)(C)C)c1Cl. The first kappa shape index (κ1) is 10.7. The van der Waals surface area contributed by atoms with Crippen molar-refractivity contribution in [2.24, 2.45) is 0 Å². The summed E-state index contributed by atoms with van der Waals surface area (Å²) < 4.78 is 13.5. The number of aryl methyl sites for hydroxylation is 1. The summed E-state index contributed by atoms with van der Waals surface area (Å²) in [6.07, 6.45) is 0. The highest BCUT2D eigenvalue weighted by molar-refractivity contribution is 6.90. The van der Waals surface area contributed by atoms with E-state index in [9.17, 15) is 4.39 Å². The lowest BCUT2D eigenvalue weighted by Gasteiger charge is -2.20. The molecule has 1 aromatic rings. The van der Waals surface area contributed by atoms with Crippen LogP contribution >= 0.6 is 11.6 Å². The van der Waals surface area contributed by atoms with E-state index in [4.69, 9.17) is 11.6 Å². The van der Waals surface area contributed by atoms with Gasteiger partial charge in [0.1, 0.15) is 5.82 Å². The van der Waals surface area contributed by atoms with Crippen molar-refractivity contribution >= 4 is 24.9 Å². The van der Waals surface area contributed by atoms with E-state index in [1.165, 1.54) is 6.07 Å². The lowest BCUT2D eigenvalue weighted by atomic mass is 10.2. The lowest BCUT2D eigenvalue weighted by Crippen LogP contribution is -2.41. The molecule has 0 aromatic heterocycles. The molecule has 0 aliphatic heterocycles. The van der Waals surface area contributed by atoms with Gasteiger partial charge >= 0.3 is 0 Å². The van der Waals surface area contributed by atoms with Crippen molar-refractivity contribution in [2.75, 3.05) is 0 Å². The first-order valence-corrected chi connectivity index (χ1v) is 8.17. The Balaban J connectivity index is 3.43. The maximum absolute atomic E-state index is 13.5. The second kappa shape index (κ2) is 3.43. The molecule has 0 radical (unpaired) electrons. The molecule has 0 fully saturated rings. The molecular formula is C10H14ClFSi. The van der Waals surface area contributed by atoms with Crippen molar-refractivity contribution < 1.29 is 4.39 Å². The van der Waals surface area contributed by atoms with Crippen LogP contribution < -0.4 is 5.19 Å². The van der Waals surface area contributed by atoms with Gasteiger partial charge in [-0.15, -0.1) is 0 Å². The van der Waals surface area contributed by atoms with E-state index in [0.29, 0.717) is 5.02 Å². The molecule has 72 valence electrons. The molecule has 0 amide bonds. The fraction of sp³-hybridized carbons (Fsp3) is 0.400. The molecule has 0 nitrogen and oxygen atoms in total. The Bertz CT molecular complexity index is 328. The van der Waals surface area contributed by atoms with Crippen LogP contribution in [0.1, 0.15) is 5.56 Å². The summed E-state index contributed by atoms with van der Waals surface area (Å²) in [5.74, 6) is -0.158. The van der Waals surface area contributed by atoms with E-state index in [-0.39, 0.29) is 5.82 Å². The Labute approximate surface area is 84.7 Å². The van der Waals surface area contributed by atoms with Gasteiger partial charge in [-0.25, -0.2) is 4.39 Å². The zero-order valence-electron chi connectivity index (χ0n) is 8.41. The Hall–Kier alpha value is -0.343. The van der Waals surface area contributed by atoms with E-state index in [1.807, 2.05) is 6.92 Å². The van der Waals surface area contributed by atoms with Gasteiger partial charge in [0.15, 0.2) is 0 Å². The van der Waals surface area contributed by atoms with Crippen LogP contribution in [0.2, 0.25) is 24.7 Å². The third-order valence-corrected chi connectivity index (χ3v) is 4.67. The minimum atomic E-state index is -1.66. The number of benzene rings is 1. The standard InChI is InChI=1S/C10H14ClFSi/c1-7-5-6-8(12)10(9(7)11)13(2,3)4/h5-6H,1-4H3. The second-order valence-electron chi connectivity index (χ2n) is 4.30. The molecule has 0 bridgehead atoms. The minimum Gasteiger partial charge on any atom is -0.207 e. The number of halogens is 2. The highest BCUT2D eigenvalue weighted by Gasteiger charge is 2.24. The van der Waals surface area contributed by atoms with Gasteiger partial charge in [-0.3, -0.25) is 0 Å². The molecule has 1 aromatic carbocycles. The molecule has 13 heavy (non-hydrogen) atoms. The molecule has 0 spiro atoms. The van der Waals surface area contributed by atoms with Crippen molar-refractivity contribution in [2.45, 2.75) is 26.6 Å². The fourth-order valence-electron chi connectivity index (χ4n) is 1.34. The molecule has 0 saturated heterocycles. The van der Waals surface area contributed by atoms with Crippen molar-refractivity contribution in [1.29, 1.82) is 0 Å². The largest absolute Gasteiger partial charge is 0.207 e. The van der Waals surface area contributed by atoms with Crippen molar-refractivity contribution in [3.05, 3.63) is 28.5 Å². The third-order valence-electron chi connectivity index (χ3n) is 2.03. The molecule has 0 atom stereocenters. The zero-order chi connectivity index (χ0) is 10.2. The zero-order valence-corrected chi connectivity index (χ0v) is 10.2. The average Bonchev–Trinajstić information content (AvgIpc) is 1.95. The molecule has 0 aliphatic rings. The molecule has 0 heterocycles. The number of hydrogen-bond donors (Lipinski definition) is 0. The van der Waals surface area contributed by atoms with E-state index < -0.39 is 8.07 Å². The van der Waals surface area contributed by atoms with Gasteiger partial charge in [-0.1, -0.05) is 37.3 Å². The van der Waals surface area contributed by atoms with Crippen LogP contribution in [0.15, 0.2) is 12.1 Å². The number of hydrogen-bond acceptors (Lipinski definition) is 0. The van der Waals surface area contributed by atoms with E-state index in [1.54, 1.807) is 6.07 Å². The lowest BCUT2D eigenvalue weighted by molar-refractivity contribution is 0.635. The van der Waals surface area contributed by atoms with Crippen molar-refractivity contribution in [1.82, 2.24) is 0 Å². The summed E-state index contributed by atoms with van der Waals surface area (Å²) >= 11 is 6.08. The van der Waals surface area contributed by atoms with Crippen LogP contribution in [0.5, 0.6) is 0 Å². The average molecular weight is 217 g/mol. The Morgan fingerprint density at radius 1 is 1.23 bits per heavy atom. The van der Waals surface area contributed by atoms with Gasteiger partial charge in [0, 0.05) is 5.02 Å². The fourth-order valence-corrected chi connectivity index (χ4v) is 4.00. The second-order valence-corrected chi connectivity index (χ2v) is 9.68. The van der Waals surface area contributed by atoms with Gasteiger partial charge in [-0.05, 0) is 23.7 Å². The summed E-state index contributed by atoms with van der Waals surface area (Å²) in [5, 5.41) is 1.35. The van der Waals surface area contributed by atoms with Crippen LogP contribution in [-0.4, -0.2) is 8.07 Å². The van der Waals surface area contributed by atoms with E-state index in [2.05, 4.69) is 19.6 Å². The normalized spacial score (nSPS) is 11.8. The molecule has 0 unspecified atom stereocenters. The minimum absolute atomic E-state index is 0.158. The maximum Gasteiger partial charge on any atom is 0.123 e. The Kier molecular flexibility index (Phi) is 2.83. The summed E-state index contributed by atoms with van der Waals surface area (Å²) in [7, 11) is -1.66. The van der Waals surface area contributed by atoms with Gasteiger partial charge in [0.05, 0.1) is 8.07 Å². The first-order chi connectivity index (χ1) is 5.84. The van der Waals surface area contributed by atoms with Gasteiger partial charge in [0.25, 0.3) is 0 Å². The van der Waals surface area contributed by atoms with Gasteiger partial charge in [-0.2, -0.15) is 0 Å². The van der Waals surface area contributed by atoms with Crippen LogP contribution in [0.25, 0.3) is 0 Å². The Morgan fingerprint density at radius 2 is 1.77 bits per heavy atom. The Morgan fingerprint density at radius 3 is 2.15 bits per heavy atom. The van der Waals surface area contributed by atoms with E-state index >= 15 is 0 Å². The topological polar surface area (TPSA) is 0 Å². The van der Waals surface area contributed by atoms with Gasteiger partial charge in [0.2, 0.25) is 0 Å². The van der Waals surface area contributed by atoms with Crippen molar-refractivity contribution in [3.63, 3.8) is 0 Å². The predicted molar refractivity (Wildman–Crippen MR) is 59.1 cm³/mol. The smallest absolute Gasteiger partial charge is 0.123 e. The maximum atomic E-state index is 13.5. The first-order valence-electron chi connectivity index (χ1n) is 4.29.